The predicted octanol–water partition coefficient (Wildman–Crippen LogP) is 2.13. The fourth-order valence-electron chi connectivity index (χ4n) is 2.54. The van der Waals surface area contributed by atoms with E-state index < -0.39 is 18.4 Å². The topological polar surface area (TPSA) is 112 Å². The molecule has 7 heteroatoms. The Bertz CT molecular complexity index is 985. The van der Waals surface area contributed by atoms with Crippen LogP contribution in [0.2, 0.25) is 0 Å². The second kappa shape index (κ2) is 6.56. The van der Waals surface area contributed by atoms with Gasteiger partial charge in [0.05, 0.1) is 0 Å². The highest BCUT2D eigenvalue weighted by molar-refractivity contribution is 5.97. The van der Waals surface area contributed by atoms with Gasteiger partial charge in [0.25, 0.3) is 5.91 Å². The summed E-state index contributed by atoms with van der Waals surface area (Å²) in [5.41, 5.74) is 1.82. The van der Waals surface area contributed by atoms with Crippen molar-refractivity contribution in [2.45, 2.75) is 6.92 Å². The summed E-state index contributed by atoms with van der Waals surface area (Å²) in [5, 5.41) is 23.1. The van der Waals surface area contributed by atoms with Crippen molar-refractivity contribution in [2.75, 3.05) is 6.54 Å². The average Bonchev–Trinajstić information content (AvgIpc) is 2.61. The SMILES string of the molecule is Cc1c(-c2ccc3cnccc3c2)cnc(C(=O)NCC(=O)O)c1O. The third-order valence-electron chi connectivity index (χ3n) is 3.87. The number of fused-ring (bicyclic) bond motifs is 1. The van der Waals surface area contributed by atoms with Crippen molar-refractivity contribution >= 4 is 22.6 Å². The summed E-state index contributed by atoms with van der Waals surface area (Å²) in [6, 6.07) is 7.64. The van der Waals surface area contributed by atoms with Gasteiger partial charge in [0.2, 0.25) is 0 Å². The van der Waals surface area contributed by atoms with Crippen molar-refractivity contribution in [2.24, 2.45) is 0 Å². The first kappa shape index (κ1) is 16.4. The van der Waals surface area contributed by atoms with Crippen LogP contribution >= 0.6 is 0 Å². The van der Waals surface area contributed by atoms with Crippen LogP contribution < -0.4 is 5.32 Å². The quantitative estimate of drug-likeness (QED) is 0.672. The molecule has 25 heavy (non-hydrogen) atoms. The number of aromatic hydroxyl groups is 1. The normalized spacial score (nSPS) is 10.6. The Morgan fingerprint density at radius 1 is 1.16 bits per heavy atom. The monoisotopic (exact) mass is 337 g/mol. The summed E-state index contributed by atoms with van der Waals surface area (Å²) in [7, 11) is 0. The number of nitrogens with zero attached hydrogens (tertiary/aromatic N) is 2. The van der Waals surface area contributed by atoms with E-state index in [0.29, 0.717) is 11.1 Å². The number of rotatable bonds is 4. The van der Waals surface area contributed by atoms with Crippen LogP contribution in [-0.2, 0) is 4.79 Å². The van der Waals surface area contributed by atoms with Crippen LogP contribution in [0.25, 0.3) is 21.9 Å². The highest BCUT2D eigenvalue weighted by Crippen LogP contribution is 2.32. The maximum absolute atomic E-state index is 11.9. The number of hydrogen-bond acceptors (Lipinski definition) is 5. The molecule has 1 amide bonds. The summed E-state index contributed by atoms with van der Waals surface area (Å²) < 4.78 is 0. The van der Waals surface area contributed by atoms with E-state index in [0.717, 1.165) is 16.3 Å². The molecule has 3 N–H and O–H groups in total. The second-order valence-electron chi connectivity index (χ2n) is 5.51. The Labute approximate surface area is 143 Å². The molecule has 1 aromatic carbocycles. The third kappa shape index (κ3) is 3.25. The standard InChI is InChI=1S/C18H15N3O4/c1-10-14(12-2-3-13-7-19-5-4-11(13)6-12)8-20-16(17(10)24)18(25)21-9-15(22)23/h2-8,24H,9H2,1H3,(H,21,25)(H,22,23). The van der Waals surface area contributed by atoms with Gasteiger partial charge in [0, 0.05) is 35.1 Å². The third-order valence-corrected chi connectivity index (χ3v) is 3.87. The molecule has 0 aliphatic carbocycles. The number of benzene rings is 1. The van der Waals surface area contributed by atoms with Gasteiger partial charge in [-0.15, -0.1) is 0 Å². The number of amides is 1. The van der Waals surface area contributed by atoms with E-state index in [1.54, 1.807) is 19.3 Å². The Morgan fingerprint density at radius 2 is 1.96 bits per heavy atom. The largest absolute Gasteiger partial charge is 0.505 e. The summed E-state index contributed by atoms with van der Waals surface area (Å²) >= 11 is 0. The van der Waals surface area contributed by atoms with E-state index in [-0.39, 0.29) is 11.4 Å². The molecule has 2 aromatic heterocycles. The predicted molar refractivity (Wildman–Crippen MR) is 91.3 cm³/mol. The molecule has 2 heterocycles. The van der Waals surface area contributed by atoms with Gasteiger partial charge in [-0.25, -0.2) is 4.98 Å². The molecule has 0 radical (unpaired) electrons. The number of aliphatic carboxylic acids is 1. The van der Waals surface area contributed by atoms with Crippen molar-refractivity contribution in [1.82, 2.24) is 15.3 Å². The van der Waals surface area contributed by atoms with E-state index in [2.05, 4.69) is 15.3 Å². The highest BCUT2D eigenvalue weighted by Gasteiger charge is 2.18. The average molecular weight is 337 g/mol. The lowest BCUT2D eigenvalue weighted by Crippen LogP contribution is -2.30. The second-order valence-corrected chi connectivity index (χ2v) is 5.51. The van der Waals surface area contributed by atoms with Crippen molar-refractivity contribution < 1.29 is 19.8 Å². The molecule has 126 valence electrons. The number of aromatic nitrogens is 2. The van der Waals surface area contributed by atoms with Crippen LogP contribution in [0.3, 0.4) is 0 Å². The Kier molecular flexibility index (Phi) is 4.30. The molecule has 0 aliphatic heterocycles. The molecule has 0 saturated heterocycles. The molecule has 0 aliphatic rings. The lowest BCUT2D eigenvalue weighted by Gasteiger charge is -2.11. The van der Waals surface area contributed by atoms with Gasteiger partial charge < -0.3 is 15.5 Å². The van der Waals surface area contributed by atoms with Gasteiger partial charge in [0.15, 0.2) is 5.69 Å². The summed E-state index contributed by atoms with van der Waals surface area (Å²) in [4.78, 5) is 30.5. The van der Waals surface area contributed by atoms with Crippen molar-refractivity contribution in [1.29, 1.82) is 0 Å². The first-order valence-electron chi connectivity index (χ1n) is 7.50. The van der Waals surface area contributed by atoms with Crippen LogP contribution in [0, 0.1) is 6.92 Å². The van der Waals surface area contributed by atoms with Gasteiger partial charge in [0.1, 0.15) is 12.3 Å². The van der Waals surface area contributed by atoms with Crippen LogP contribution in [-0.4, -0.2) is 38.6 Å². The number of nitrogens with one attached hydrogen (secondary N) is 1. The first-order chi connectivity index (χ1) is 12.0. The Balaban J connectivity index is 1.98. The van der Waals surface area contributed by atoms with Gasteiger partial charge in [-0.2, -0.15) is 0 Å². The van der Waals surface area contributed by atoms with E-state index in [9.17, 15) is 14.7 Å². The maximum Gasteiger partial charge on any atom is 0.322 e. The van der Waals surface area contributed by atoms with Crippen LogP contribution in [0.15, 0.2) is 42.9 Å². The van der Waals surface area contributed by atoms with E-state index >= 15 is 0 Å². The van der Waals surface area contributed by atoms with E-state index in [4.69, 9.17) is 5.11 Å². The summed E-state index contributed by atoms with van der Waals surface area (Å²) in [6.45, 7) is 1.14. The molecule has 7 nitrogen and oxygen atoms in total. The maximum atomic E-state index is 11.9. The molecule has 3 aromatic rings. The molecule has 0 saturated carbocycles. The van der Waals surface area contributed by atoms with Crippen molar-refractivity contribution in [3.63, 3.8) is 0 Å². The Morgan fingerprint density at radius 3 is 2.72 bits per heavy atom. The van der Waals surface area contributed by atoms with Gasteiger partial charge in [-0.3, -0.25) is 14.6 Å². The lowest BCUT2D eigenvalue weighted by molar-refractivity contribution is -0.135. The zero-order valence-corrected chi connectivity index (χ0v) is 13.4. The molecule has 0 unspecified atom stereocenters. The zero-order chi connectivity index (χ0) is 18.0. The van der Waals surface area contributed by atoms with Crippen molar-refractivity contribution in [3.8, 4) is 16.9 Å². The number of carboxylic acid groups (broad SMARTS) is 1. The number of hydrogen-bond donors (Lipinski definition) is 3. The molecule has 0 fully saturated rings. The van der Waals surface area contributed by atoms with Crippen molar-refractivity contribution in [3.05, 3.63) is 54.1 Å². The molecule has 0 atom stereocenters. The fourth-order valence-corrected chi connectivity index (χ4v) is 2.54. The van der Waals surface area contributed by atoms with Crippen LogP contribution in [0.1, 0.15) is 16.1 Å². The van der Waals surface area contributed by atoms with Crippen LogP contribution in [0.5, 0.6) is 5.75 Å². The lowest BCUT2D eigenvalue weighted by atomic mass is 9.99. The van der Waals surface area contributed by atoms with Gasteiger partial charge >= 0.3 is 5.97 Å². The van der Waals surface area contributed by atoms with Gasteiger partial charge in [-0.1, -0.05) is 12.1 Å². The number of carboxylic acids is 1. The fraction of sp³-hybridized carbons (Fsp3) is 0.111. The minimum Gasteiger partial charge on any atom is -0.505 e. The van der Waals surface area contributed by atoms with E-state index in [1.165, 1.54) is 6.20 Å². The Hall–Kier alpha value is -3.48. The highest BCUT2D eigenvalue weighted by atomic mass is 16.4. The molecular weight excluding hydrogens is 322 g/mol. The molecular formula is C18H15N3O4. The number of pyridine rings is 2. The number of carbonyl (C=O) groups is 2. The minimum absolute atomic E-state index is 0.201. The summed E-state index contributed by atoms with van der Waals surface area (Å²) in [5.74, 6) is -2.18. The zero-order valence-electron chi connectivity index (χ0n) is 13.4. The molecule has 0 bridgehead atoms. The van der Waals surface area contributed by atoms with E-state index in [1.807, 2.05) is 24.3 Å². The van der Waals surface area contributed by atoms with Gasteiger partial charge in [-0.05, 0) is 30.0 Å². The smallest absolute Gasteiger partial charge is 0.322 e. The first-order valence-corrected chi connectivity index (χ1v) is 7.50. The van der Waals surface area contributed by atoms with Crippen LogP contribution in [0.4, 0.5) is 0 Å². The molecule has 3 rings (SSSR count). The minimum atomic E-state index is -1.17. The summed E-state index contributed by atoms with van der Waals surface area (Å²) in [6.07, 6.45) is 4.95. The molecule has 0 spiro atoms. The number of carbonyl (C=O) groups excluding carboxylic acids is 1.